The van der Waals surface area contributed by atoms with Gasteiger partial charge in [-0.05, 0) is 37.5 Å². The van der Waals surface area contributed by atoms with Gasteiger partial charge in [-0.1, -0.05) is 39.8 Å². The van der Waals surface area contributed by atoms with Gasteiger partial charge in [0.15, 0.2) is 0 Å². The first-order chi connectivity index (χ1) is 7.88. The van der Waals surface area contributed by atoms with Gasteiger partial charge in [0.05, 0.1) is 5.60 Å². The van der Waals surface area contributed by atoms with Crippen molar-refractivity contribution in [2.75, 3.05) is 6.61 Å². The normalized spacial score (nSPS) is 10.8. The van der Waals surface area contributed by atoms with Crippen LogP contribution in [0.5, 0.6) is 5.75 Å². The summed E-state index contributed by atoms with van der Waals surface area (Å²) in [6.07, 6.45) is 0. The predicted molar refractivity (Wildman–Crippen MR) is 73.7 cm³/mol. The fourth-order valence-electron chi connectivity index (χ4n) is 1.21. The monoisotopic (exact) mass is 238 g/mol. The van der Waals surface area contributed by atoms with Gasteiger partial charge in [-0.25, -0.2) is 0 Å². The van der Waals surface area contributed by atoms with Crippen molar-refractivity contribution in [2.45, 2.75) is 53.1 Å². The summed E-state index contributed by atoms with van der Waals surface area (Å²) < 4.78 is 5.46. The van der Waals surface area contributed by atoms with Crippen molar-refractivity contribution in [3.05, 3.63) is 29.8 Å². The van der Waals surface area contributed by atoms with Gasteiger partial charge in [-0.3, -0.25) is 0 Å². The number of hydrogen-bond donors (Lipinski definition) is 1. The third-order valence-electron chi connectivity index (χ3n) is 2.14. The molecular weight excluding hydrogens is 212 g/mol. The lowest BCUT2D eigenvalue weighted by atomic mass is 10.0. The molecule has 98 valence electrons. The Labute approximate surface area is 106 Å². The van der Waals surface area contributed by atoms with Crippen LogP contribution in [0.25, 0.3) is 0 Å². The zero-order valence-corrected chi connectivity index (χ0v) is 11.9. The maximum absolute atomic E-state index is 9.50. The van der Waals surface area contributed by atoms with Crippen LogP contribution in [0.4, 0.5) is 0 Å². The van der Waals surface area contributed by atoms with Crippen molar-refractivity contribution in [3.63, 3.8) is 0 Å². The molecule has 0 aromatic heterocycles. The zero-order valence-electron chi connectivity index (χ0n) is 11.9. The van der Waals surface area contributed by atoms with E-state index in [1.807, 2.05) is 26.0 Å². The maximum Gasteiger partial charge on any atom is 0.119 e. The average molecular weight is 238 g/mol. The summed E-state index contributed by atoms with van der Waals surface area (Å²) in [5.41, 5.74) is 0.516. The molecule has 0 heterocycles. The van der Waals surface area contributed by atoms with Crippen LogP contribution in [0, 0.1) is 0 Å². The van der Waals surface area contributed by atoms with Crippen LogP contribution in [0.2, 0.25) is 0 Å². The summed E-state index contributed by atoms with van der Waals surface area (Å²) in [5, 5.41) is 9.50. The SMILES string of the molecule is CC.CC(C)c1ccc(OCC(C)(C)O)cc1. The zero-order chi connectivity index (χ0) is 13.5. The van der Waals surface area contributed by atoms with E-state index >= 15 is 0 Å². The standard InChI is InChI=1S/C13H20O2.C2H6/c1-10(2)11-5-7-12(8-6-11)15-9-13(3,4)14;1-2/h5-8,10,14H,9H2,1-4H3;1-2H3. The Morgan fingerprint density at radius 2 is 1.59 bits per heavy atom. The Kier molecular flexibility index (Phi) is 6.89. The predicted octanol–water partition coefficient (Wildman–Crippen LogP) is 3.99. The number of ether oxygens (including phenoxy) is 1. The molecule has 1 rings (SSSR count). The summed E-state index contributed by atoms with van der Waals surface area (Å²) in [7, 11) is 0. The van der Waals surface area contributed by atoms with Crippen molar-refractivity contribution < 1.29 is 9.84 Å². The minimum Gasteiger partial charge on any atom is -0.491 e. The third-order valence-corrected chi connectivity index (χ3v) is 2.14. The van der Waals surface area contributed by atoms with Gasteiger partial charge in [-0.2, -0.15) is 0 Å². The molecule has 1 N–H and O–H groups in total. The lowest BCUT2D eigenvalue weighted by molar-refractivity contribution is 0.0285. The lowest BCUT2D eigenvalue weighted by Gasteiger charge is -2.18. The Morgan fingerprint density at radius 3 is 1.94 bits per heavy atom. The molecule has 0 aliphatic heterocycles. The average Bonchev–Trinajstić information content (AvgIpc) is 2.29. The molecule has 0 saturated heterocycles. The molecule has 0 spiro atoms. The molecule has 0 aliphatic rings. The molecule has 0 saturated carbocycles. The van der Waals surface area contributed by atoms with Gasteiger partial charge >= 0.3 is 0 Å². The fraction of sp³-hybridized carbons (Fsp3) is 0.600. The molecule has 0 bridgehead atoms. The van der Waals surface area contributed by atoms with Gasteiger partial charge in [-0.15, -0.1) is 0 Å². The second kappa shape index (κ2) is 7.33. The van der Waals surface area contributed by atoms with Crippen molar-refractivity contribution >= 4 is 0 Å². The molecule has 1 aromatic carbocycles. The van der Waals surface area contributed by atoms with E-state index in [1.54, 1.807) is 13.8 Å². The summed E-state index contributed by atoms with van der Waals surface area (Å²) in [6, 6.07) is 8.01. The van der Waals surface area contributed by atoms with Gasteiger partial charge < -0.3 is 9.84 Å². The van der Waals surface area contributed by atoms with Crippen molar-refractivity contribution in [1.29, 1.82) is 0 Å². The number of hydrogen-bond acceptors (Lipinski definition) is 2. The van der Waals surface area contributed by atoms with E-state index in [0.29, 0.717) is 12.5 Å². The molecule has 2 heteroatoms. The summed E-state index contributed by atoms with van der Waals surface area (Å²) in [6.45, 7) is 12.1. The molecule has 0 radical (unpaired) electrons. The van der Waals surface area contributed by atoms with E-state index in [1.165, 1.54) is 5.56 Å². The Morgan fingerprint density at radius 1 is 1.12 bits per heavy atom. The minimum atomic E-state index is -0.781. The first kappa shape index (κ1) is 16.0. The Hall–Kier alpha value is -1.02. The highest BCUT2D eigenvalue weighted by atomic mass is 16.5. The quantitative estimate of drug-likeness (QED) is 0.859. The second-order valence-electron chi connectivity index (χ2n) is 4.82. The Bertz CT molecular complexity index is 294. The highest BCUT2D eigenvalue weighted by molar-refractivity contribution is 5.28. The van der Waals surface area contributed by atoms with Crippen LogP contribution in [-0.2, 0) is 0 Å². The smallest absolute Gasteiger partial charge is 0.119 e. The molecule has 0 unspecified atom stereocenters. The van der Waals surface area contributed by atoms with Crippen LogP contribution in [-0.4, -0.2) is 17.3 Å². The Balaban J connectivity index is 0.00000121. The number of benzene rings is 1. The molecule has 0 amide bonds. The summed E-state index contributed by atoms with van der Waals surface area (Å²) >= 11 is 0. The van der Waals surface area contributed by atoms with E-state index in [-0.39, 0.29) is 0 Å². The van der Waals surface area contributed by atoms with Gasteiger partial charge in [0, 0.05) is 0 Å². The lowest BCUT2D eigenvalue weighted by Crippen LogP contribution is -2.27. The van der Waals surface area contributed by atoms with Gasteiger partial charge in [0.1, 0.15) is 12.4 Å². The van der Waals surface area contributed by atoms with Crippen LogP contribution >= 0.6 is 0 Å². The second-order valence-corrected chi connectivity index (χ2v) is 4.82. The highest BCUT2D eigenvalue weighted by Gasteiger charge is 2.13. The molecule has 0 fully saturated rings. The summed E-state index contributed by atoms with van der Waals surface area (Å²) in [4.78, 5) is 0. The van der Waals surface area contributed by atoms with E-state index in [9.17, 15) is 5.11 Å². The highest BCUT2D eigenvalue weighted by Crippen LogP contribution is 2.19. The van der Waals surface area contributed by atoms with Crippen LogP contribution in [0.15, 0.2) is 24.3 Å². The molecule has 17 heavy (non-hydrogen) atoms. The molecule has 0 aliphatic carbocycles. The summed E-state index contributed by atoms with van der Waals surface area (Å²) in [5.74, 6) is 1.34. The van der Waals surface area contributed by atoms with Crippen molar-refractivity contribution in [2.24, 2.45) is 0 Å². The van der Waals surface area contributed by atoms with Crippen molar-refractivity contribution in [3.8, 4) is 5.75 Å². The van der Waals surface area contributed by atoms with Crippen LogP contribution < -0.4 is 4.74 Å². The minimum absolute atomic E-state index is 0.314. The topological polar surface area (TPSA) is 29.5 Å². The van der Waals surface area contributed by atoms with Crippen LogP contribution in [0.3, 0.4) is 0 Å². The first-order valence-corrected chi connectivity index (χ1v) is 6.33. The fourth-order valence-corrected chi connectivity index (χ4v) is 1.21. The van der Waals surface area contributed by atoms with Crippen molar-refractivity contribution in [1.82, 2.24) is 0 Å². The van der Waals surface area contributed by atoms with E-state index in [4.69, 9.17) is 4.74 Å². The molecule has 2 nitrogen and oxygen atoms in total. The largest absolute Gasteiger partial charge is 0.491 e. The van der Waals surface area contributed by atoms with E-state index in [2.05, 4.69) is 26.0 Å². The van der Waals surface area contributed by atoms with E-state index < -0.39 is 5.60 Å². The van der Waals surface area contributed by atoms with Crippen LogP contribution in [0.1, 0.15) is 53.0 Å². The number of aliphatic hydroxyl groups is 1. The number of rotatable bonds is 4. The first-order valence-electron chi connectivity index (χ1n) is 6.33. The van der Waals surface area contributed by atoms with E-state index in [0.717, 1.165) is 5.75 Å². The molecule has 0 atom stereocenters. The maximum atomic E-state index is 9.50. The molecule has 1 aromatic rings. The third kappa shape index (κ3) is 7.01. The molecular formula is C15H26O2. The van der Waals surface area contributed by atoms with Gasteiger partial charge in [0.25, 0.3) is 0 Å². The van der Waals surface area contributed by atoms with Gasteiger partial charge in [0.2, 0.25) is 0 Å².